The molecule has 2 aromatic carbocycles. The summed E-state index contributed by atoms with van der Waals surface area (Å²) in [5, 5.41) is 4.45. The van der Waals surface area contributed by atoms with Gasteiger partial charge in [0.05, 0.1) is 6.20 Å². The summed E-state index contributed by atoms with van der Waals surface area (Å²) in [6.07, 6.45) is 1.91. The van der Waals surface area contributed by atoms with Crippen molar-refractivity contribution >= 4 is 0 Å². The molecule has 0 bridgehead atoms. The van der Waals surface area contributed by atoms with Crippen molar-refractivity contribution in [1.82, 2.24) is 9.78 Å². The number of hydrogen-bond donors (Lipinski definition) is 0. The molecule has 0 N–H and O–H groups in total. The fourth-order valence-electron chi connectivity index (χ4n) is 2.07. The van der Waals surface area contributed by atoms with Gasteiger partial charge in [-0.15, -0.1) is 6.07 Å². The van der Waals surface area contributed by atoms with Crippen LogP contribution in [0.4, 0.5) is 0 Å². The van der Waals surface area contributed by atoms with Crippen LogP contribution in [0, 0.1) is 13.0 Å². The van der Waals surface area contributed by atoms with Crippen LogP contribution in [0.2, 0.25) is 0 Å². The molecular weight excluding hydrogens is 415 g/mol. The van der Waals surface area contributed by atoms with Gasteiger partial charge in [-0.1, -0.05) is 30.3 Å². The standard InChI is InChI=1S/C16H13N2.Pt/c1-13-16(14-8-4-2-5-9-14)12-17-18(13)15-10-6-3-7-11-15;/h2-10,12H,1H3;/q-1;. The molecule has 3 heteroatoms. The zero-order valence-electron chi connectivity index (χ0n) is 10.5. The molecule has 3 aromatic rings. The zero-order chi connectivity index (χ0) is 12.4. The van der Waals surface area contributed by atoms with Crippen molar-refractivity contribution in [2.24, 2.45) is 0 Å². The van der Waals surface area contributed by atoms with E-state index in [9.17, 15) is 0 Å². The first-order valence-corrected chi connectivity index (χ1v) is 5.93. The topological polar surface area (TPSA) is 17.8 Å². The van der Waals surface area contributed by atoms with Crippen molar-refractivity contribution in [3.63, 3.8) is 0 Å². The Morgan fingerprint density at radius 1 is 1.00 bits per heavy atom. The molecule has 19 heavy (non-hydrogen) atoms. The number of hydrogen-bond acceptors (Lipinski definition) is 1. The van der Waals surface area contributed by atoms with Gasteiger partial charge in [0.25, 0.3) is 0 Å². The molecule has 1 heterocycles. The summed E-state index contributed by atoms with van der Waals surface area (Å²) in [7, 11) is 0. The largest absolute Gasteiger partial charge is 0.262 e. The van der Waals surface area contributed by atoms with Gasteiger partial charge in [0, 0.05) is 32.3 Å². The van der Waals surface area contributed by atoms with Gasteiger partial charge in [-0.3, -0.25) is 4.68 Å². The monoisotopic (exact) mass is 428 g/mol. The van der Waals surface area contributed by atoms with E-state index in [1.165, 1.54) is 5.56 Å². The van der Waals surface area contributed by atoms with Crippen molar-refractivity contribution < 1.29 is 21.1 Å². The maximum absolute atomic E-state index is 4.45. The van der Waals surface area contributed by atoms with Crippen LogP contribution in [0.15, 0.2) is 60.8 Å². The second-order valence-electron chi connectivity index (χ2n) is 4.17. The first-order chi connectivity index (χ1) is 8.86. The summed E-state index contributed by atoms with van der Waals surface area (Å²) in [6, 6.07) is 21.4. The molecule has 0 atom stereocenters. The number of para-hydroxylation sites is 1. The molecule has 98 valence electrons. The maximum atomic E-state index is 4.45. The van der Waals surface area contributed by atoms with Gasteiger partial charge in [-0.25, -0.2) is 0 Å². The van der Waals surface area contributed by atoms with Crippen LogP contribution in [0.25, 0.3) is 16.8 Å². The molecule has 0 spiro atoms. The molecule has 0 unspecified atom stereocenters. The van der Waals surface area contributed by atoms with Crippen LogP contribution in [0.5, 0.6) is 0 Å². The molecule has 0 saturated heterocycles. The summed E-state index contributed by atoms with van der Waals surface area (Å²) in [4.78, 5) is 0. The van der Waals surface area contributed by atoms with Crippen LogP contribution in [0.1, 0.15) is 5.69 Å². The predicted molar refractivity (Wildman–Crippen MR) is 72.6 cm³/mol. The van der Waals surface area contributed by atoms with Crippen LogP contribution in [-0.2, 0) is 21.1 Å². The number of nitrogens with zero attached hydrogens (tertiary/aromatic N) is 2. The van der Waals surface area contributed by atoms with Crippen LogP contribution in [-0.4, -0.2) is 9.78 Å². The maximum Gasteiger partial charge on any atom is 0.0574 e. The molecule has 3 rings (SSSR count). The third kappa shape index (κ3) is 2.69. The van der Waals surface area contributed by atoms with Gasteiger partial charge >= 0.3 is 0 Å². The smallest absolute Gasteiger partial charge is 0.0574 e. The van der Waals surface area contributed by atoms with Gasteiger partial charge in [-0.05, 0) is 18.2 Å². The summed E-state index contributed by atoms with van der Waals surface area (Å²) in [6.45, 7) is 2.08. The summed E-state index contributed by atoms with van der Waals surface area (Å²) in [5.74, 6) is 0. The predicted octanol–water partition coefficient (Wildman–Crippen LogP) is 3.65. The minimum Gasteiger partial charge on any atom is -0.262 e. The Hall–Kier alpha value is -1.66. The average Bonchev–Trinajstić information content (AvgIpc) is 2.83. The number of aromatic nitrogens is 2. The third-order valence-corrected chi connectivity index (χ3v) is 3.02. The van der Waals surface area contributed by atoms with Gasteiger partial charge < -0.3 is 0 Å². The van der Waals surface area contributed by atoms with Gasteiger partial charge in [-0.2, -0.15) is 29.4 Å². The molecular formula is C16H13N2Pt-. The van der Waals surface area contributed by atoms with Gasteiger partial charge in [0.2, 0.25) is 0 Å². The zero-order valence-corrected chi connectivity index (χ0v) is 12.8. The van der Waals surface area contributed by atoms with E-state index in [4.69, 9.17) is 0 Å². The Bertz CT molecular complexity index is 588. The van der Waals surface area contributed by atoms with E-state index in [0.717, 1.165) is 16.9 Å². The van der Waals surface area contributed by atoms with E-state index in [0.29, 0.717) is 0 Å². The molecule has 0 fully saturated rings. The molecule has 2 nitrogen and oxygen atoms in total. The minimum atomic E-state index is 0. The molecule has 0 aliphatic heterocycles. The van der Waals surface area contributed by atoms with Gasteiger partial charge in [0.1, 0.15) is 0 Å². The molecule has 0 radical (unpaired) electrons. The minimum absolute atomic E-state index is 0. The second-order valence-corrected chi connectivity index (χ2v) is 4.17. The average molecular weight is 428 g/mol. The molecule has 0 aliphatic rings. The van der Waals surface area contributed by atoms with E-state index in [-0.39, 0.29) is 21.1 Å². The van der Waals surface area contributed by atoms with Crippen molar-refractivity contribution in [3.8, 4) is 16.8 Å². The van der Waals surface area contributed by atoms with Crippen molar-refractivity contribution in [2.75, 3.05) is 0 Å². The van der Waals surface area contributed by atoms with E-state index < -0.39 is 0 Å². The first-order valence-electron chi connectivity index (χ1n) is 5.93. The molecule has 0 saturated carbocycles. The fraction of sp³-hybridized carbons (Fsp3) is 0.0625. The van der Waals surface area contributed by atoms with Gasteiger partial charge in [0.15, 0.2) is 0 Å². The molecule has 0 aliphatic carbocycles. The van der Waals surface area contributed by atoms with Crippen molar-refractivity contribution in [3.05, 3.63) is 72.6 Å². The Morgan fingerprint density at radius 2 is 1.74 bits per heavy atom. The SMILES string of the molecule is Cc1c(-c2ccccc2)cnn1-c1[c-]cccc1.[Pt]. The summed E-state index contributed by atoms with van der Waals surface area (Å²) >= 11 is 0. The fourth-order valence-corrected chi connectivity index (χ4v) is 2.07. The Labute approximate surface area is 127 Å². The Morgan fingerprint density at radius 3 is 2.42 bits per heavy atom. The normalized spacial score (nSPS) is 9.95. The van der Waals surface area contributed by atoms with E-state index in [1.807, 2.05) is 53.3 Å². The Kier molecular flexibility index (Phi) is 4.34. The molecule has 0 amide bonds. The first kappa shape index (κ1) is 13.8. The van der Waals surface area contributed by atoms with Crippen LogP contribution < -0.4 is 0 Å². The van der Waals surface area contributed by atoms with E-state index in [2.05, 4.69) is 30.2 Å². The van der Waals surface area contributed by atoms with Crippen molar-refractivity contribution in [2.45, 2.75) is 6.92 Å². The van der Waals surface area contributed by atoms with Crippen LogP contribution in [0.3, 0.4) is 0 Å². The Balaban J connectivity index is 0.00000133. The van der Waals surface area contributed by atoms with Crippen molar-refractivity contribution in [1.29, 1.82) is 0 Å². The molecule has 1 aromatic heterocycles. The second kappa shape index (κ2) is 5.99. The number of benzene rings is 2. The summed E-state index contributed by atoms with van der Waals surface area (Å²) < 4.78 is 1.92. The van der Waals surface area contributed by atoms with E-state index >= 15 is 0 Å². The van der Waals surface area contributed by atoms with E-state index in [1.54, 1.807) is 0 Å². The van der Waals surface area contributed by atoms with Crippen LogP contribution >= 0.6 is 0 Å². The quantitative estimate of drug-likeness (QED) is 0.570. The number of rotatable bonds is 2. The third-order valence-electron chi connectivity index (χ3n) is 3.02. The summed E-state index contributed by atoms with van der Waals surface area (Å²) in [5.41, 5.74) is 4.45.